The average Bonchev–Trinajstić information content (AvgIpc) is 2.21. The van der Waals surface area contributed by atoms with Crippen LogP contribution < -0.4 is 21.9 Å². The second-order valence-electron chi connectivity index (χ2n) is 5.00. The minimum atomic E-state index is -0.801. The molecule has 0 saturated carbocycles. The van der Waals surface area contributed by atoms with Crippen molar-refractivity contribution in [3.63, 3.8) is 0 Å². The van der Waals surface area contributed by atoms with E-state index in [9.17, 15) is 14.7 Å². The number of nitrogens with zero attached hydrogens (tertiary/aromatic N) is 2. The van der Waals surface area contributed by atoms with Crippen LogP contribution in [-0.2, 0) is 6.54 Å². The van der Waals surface area contributed by atoms with E-state index in [1.165, 1.54) is 4.57 Å². The van der Waals surface area contributed by atoms with Gasteiger partial charge in [0.1, 0.15) is 11.5 Å². The predicted octanol–water partition coefficient (Wildman–Crippen LogP) is -0.900. The van der Waals surface area contributed by atoms with Crippen LogP contribution in [0.15, 0.2) is 9.59 Å². The number of hydrogen-bond acceptors (Lipinski definition) is 5. The van der Waals surface area contributed by atoms with E-state index < -0.39 is 16.9 Å². The lowest BCUT2D eigenvalue weighted by Gasteiger charge is -2.45. The number of aromatic amines is 1. The fourth-order valence-corrected chi connectivity index (χ4v) is 2.26. The van der Waals surface area contributed by atoms with Gasteiger partial charge in [-0.1, -0.05) is 6.92 Å². The number of aromatic nitrogens is 2. The van der Waals surface area contributed by atoms with E-state index in [0.29, 0.717) is 19.6 Å². The molecule has 0 radical (unpaired) electrons. The molecule has 2 rings (SSSR count). The predicted molar refractivity (Wildman–Crippen MR) is 68.9 cm³/mol. The molecule has 0 bridgehead atoms. The third kappa shape index (κ3) is 2.01. The molecule has 1 aromatic heterocycles. The number of nitrogens with one attached hydrogen (secondary N) is 1. The number of hydrogen-bond donors (Lipinski definition) is 3. The van der Waals surface area contributed by atoms with Gasteiger partial charge in [-0.15, -0.1) is 0 Å². The van der Waals surface area contributed by atoms with Crippen LogP contribution in [0.5, 0.6) is 0 Å². The monoisotopic (exact) mass is 254 g/mol. The van der Waals surface area contributed by atoms with Crippen LogP contribution in [0.1, 0.15) is 20.3 Å². The van der Waals surface area contributed by atoms with Crippen molar-refractivity contribution in [3.8, 4) is 0 Å². The quantitative estimate of drug-likeness (QED) is 0.648. The number of rotatable bonds is 3. The Kier molecular flexibility index (Phi) is 2.94. The molecule has 1 fully saturated rings. The normalized spacial score (nSPS) is 17.6. The maximum Gasteiger partial charge on any atom is 0.330 e. The molecular weight excluding hydrogens is 236 g/mol. The van der Waals surface area contributed by atoms with Crippen LogP contribution in [0, 0.1) is 0 Å². The van der Waals surface area contributed by atoms with Gasteiger partial charge in [-0.2, -0.15) is 0 Å². The minimum Gasteiger partial charge on any atom is -0.386 e. The van der Waals surface area contributed by atoms with Crippen molar-refractivity contribution in [3.05, 3.63) is 20.8 Å². The molecule has 0 unspecified atom stereocenters. The first-order valence-electron chi connectivity index (χ1n) is 5.95. The molecule has 1 aliphatic rings. The van der Waals surface area contributed by atoms with Gasteiger partial charge in [-0.05, 0) is 13.3 Å². The smallest absolute Gasteiger partial charge is 0.330 e. The molecular formula is C11H18N4O3. The molecule has 1 saturated heterocycles. The fraction of sp³-hybridized carbons (Fsp3) is 0.636. The second-order valence-corrected chi connectivity index (χ2v) is 5.00. The van der Waals surface area contributed by atoms with Gasteiger partial charge in [0.25, 0.3) is 5.56 Å². The molecule has 7 heteroatoms. The van der Waals surface area contributed by atoms with Gasteiger partial charge >= 0.3 is 5.69 Å². The van der Waals surface area contributed by atoms with Crippen LogP contribution in [0.25, 0.3) is 0 Å². The van der Waals surface area contributed by atoms with E-state index in [0.717, 1.165) is 6.42 Å². The third-order valence-electron chi connectivity index (χ3n) is 3.04. The highest BCUT2D eigenvalue weighted by Crippen LogP contribution is 2.27. The SMILES string of the molecule is CCCn1c(N)c(N2CC(C)(O)C2)c(=O)[nH]c1=O. The number of nitrogens with two attached hydrogens (primary N) is 1. The van der Waals surface area contributed by atoms with Gasteiger partial charge in [0.05, 0.1) is 5.60 Å². The molecule has 1 aliphatic heterocycles. The van der Waals surface area contributed by atoms with Gasteiger partial charge in [0.2, 0.25) is 0 Å². The molecule has 0 amide bonds. The van der Waals surface area contributed by atoms with Crippen LogP contribution in [0.4, 0.5) is 11.5 Å². The first-order chi connectivity index (χ1) is 8.35. The Morgan fingerprint density at radius 1 is 1.44 bits per heavy atom. The Morgan fingerprint density at radius 2 is 2.06 bits per heavy atom. The molecule has 18 heavy (non-hydrogen) atoms. The van der Waals surface area contributed by atoms with Gasteiger partial charge < -0.3 is 15.7 Å². The zero-order valence-corrected chi connectivity index (χ0v) is 10.6. The first-order valence-corrected chi connectivity index (χ1v) is 5.95. The van der Waals surface area contributed by atoms with E-state index in [2.05, 4.69) is 4.98 Å². The van der Waals surface area contributed by atoms with Crippen molar-refractivity contribution >= 4 is 11.5 Å². The molecule has 7 nitrogen and oxygen atoms in total. The summed E-state index contributed by atoms with van der Waals surface area (Å²) < 4.78 is 1.35. The molecule has 100 valence electrons. The molecule has 1 aromatic rings. The summed E-state index contributed by atoms with van der Waals surface area (Å²) >= 11 is 0. The molecule has 0 aliphatic carbocycles. The molecule has 0 spiro atoms. The van der Waals surface area contributed by atoms with Crippen LogP contribution in [0.2, 0.25) is 0 Å². The highest BCUT2D eigenvalue weighted by Gasteiger charge is 2.39. The Balaban J connectivity index is 2.45. The average molecular weight is 254 g/mol. The number of anilines is 2. The van der Waals surface area contributed by atoms with Crippen molar-refractivity contribution in [2.45, 2.75) is 32.4 Å². The van der Waals surface area contributed by atoms with E-state index in [-0.39, 0.29) is 11.5 Å². The summed E-state index contributed by atoms with van der Waals surface area (Å²) in [6, 6.07) is 0. The molecule has 2 heterocycles. The van der Waals surface area contributed by atoms with Gasteiger partial charge in [-0.25, -0.2) is 4.79 Å². The summed E-state index contributed by atoms with van der Waals surface area (Å²) in [4.78, 5) is 27.3. The maximum absolute atomic E-state index is 11.8. The molecule has 4 N–H and O–H groups in total. The number of nitrogen functional groups attached to an aromatic ring is 1. The van der Waals surface area contributed by atoms with Gasteiger partial charge in [0.15, 0.2) is 0 Å². The Labute approximate surface area is 104 Å². The Bertz CT molecular complexity index is 565. The molecule has 0 atom stereocenters. The number of β-amino-alcohol motifs (C(OH)–C–C–N with tert-alkyl or cyclic N) is 1. The van der Waals surface area contributed by atoms with Crippen LogP contribution in [-0.4, -0.2) is 33.3 Å². The lowest BCUT2D eigenvalue weighted by atomic mass is 9.96. The van der Waals surface area contributed by atoms with E-state index in [1.54, 1.807) is 11.8 Å². The Hall–Kier alpha value is -1.76. The number of H-pyrrole nitrogens is 1. The van der Waals surface area contributed by atoms with Gasteiger partial charge in [-0.3, -0.25) is 14.3 Å². The maximum atomic E-state index is 11.8. The van der Waals surface area contributed by atoms with E-state index in [1.807, 2.05) is 6.92 Å². The largest absolute Gasteiger partial charge is 0.386 e. The zero-order chi connectivity index (χ0) is 13.5. The summed E-state index contributed by atoms with van der Waals surface area (Å²) in [7, 11) is 0. The lowest BCUT2D eigenvalue weighted by Crippen LogP contribution is -2.61. The minimum absolute atomic E-state index is 0.168. The molecule has 0 aromatic carbocycles. The first kappa shape index (κ1) is 12.7. The highest BCUT2D eigenvalue weighted by molar-refractivity contribution is 5.64. The zero-order valence-electron chi connectivity index (χ0n) is 10.6. The fourth-order valence-electron chi connectivity index (χ4n) is 2.26. The van der Waals surface area contributed by atoms with E-state index in [4.69, 9.17) is 5.73 Å². The van der Waals surface area contributed by atoms with Gasteiger partial charge in [0, 0.05) is 19.6 Å². The van der Waals surface area contributed by atoms with Crippen molar-refractivity contribution in [1.29, 1.82) is 0 Å². The van der Waals surface area contributed by atoms with Crippen molar-refractivity contribution in [2.24, 2.45) is 0 Å². The Morgan fingerprint density at radius 3 is 2.56 bits per heavy atom. The van der Waals surface area contributed by atoms with Crippen molar-refractivity contribution < 1.29 is 5.11 Å². The summed E-state index contributed by atoms with van der Waals surface area (Å²) in [5.74, 6) is 0.168. The lowest BCUT2D eigenvalue weighted by molar-refractivity contribution is 0.0309. The number of aliphatic hydroxyl groups is 1. The summed E-state index contributed by atoms with van der Waals surface area (Å²) in [6.45, 7) is 4.74. The van der Waals surface area contributed by atoms with E-state index >= 15 is 0 Å². The van der Waals surface area contributed by atoms with Crippen molar-refractivity contribution in [2.75, 3.05) is 23.7 Å². The summed E-state index contributed by atoms with van der Waals surface area (Å²) in [6.07, 6.45) is 0.743. The third-order valence-corrected chi connectivity index (χ3v) is 3.04. The summed E-state index contributed by atoms with van der Waals surface area (Å²) in [5, 5.41) is 9.69. The summed E-state index contributed by atoms with van der Waals surface area (Å²) in [5.41, 5.74) is 4.37. The topological polar surface area (TPSA) is 104 Å². The second kappa shape index (κ2) is 4.16. The van der Waals surface area contributed by atoms with Crippen molar-refractivity contribution in [1.82, 2.24) is 9.55 Å². The highest BCUT2D eigenvalue weighted by atomic mass is 16.3. The van der Waals surface area contributed by atoms with Crippen LogP contribution in [0.3, 0.4) is 0 Å². The van der Waals surface area contributed by atoms with Crippen LogP contribution >= 0.6 is 0 Å². The standard InChI is InChI=1S/C11H18N4O3/c1-3-4-15-8(12)7(9(16)13-10(15)17)14-5-11(2,18)6-14/h18H,3-6,12H2,1-2H3,(H,13,16,17).